The predicted octanol–water partition coefficient (Wildman–Crippen LogP) is 0.718. The lowest BCUT2D eigenvalue weighted by Crippen LogP contribution is -2.56. The molecule has 1 saturated heterocycles. The van der Waals surface area contributed by atoms with Gasteiger partial charge in [0, 0.05) is 12.1 Å². The topological polar surface area (TPSA) is 87.7 Å². The number of rotatable bonds is 4. The summed E-state index contributed by atoms with van der Waals surface area (Å²) in [6.45, 7) is 6.38. The van der Waals surface area contributed by atoms with Gasteiger partial charge in [-0.1, -0.05) is 0 Å². The maximum atomic E-state index is 11.7. The van der Waals surface area contributed by atoms with Crippen LogP contribution in [-0.4, -0.2) is 41.4 Å². The van der Waals surface area contributed by atoms with E-state index in [1.165, 1.54) is 0 Å². The Balaban J connectivity index is 2.46. The summed E-state index contributed by atoms with van der Waals surface area (Å²) in [5.41, 5.74) is -1.13. The molecule has 1 unspecified atom stereocenters. The molecular formula is C11H20N2O4. The molecule has 1 rings (SSSR count). The number of nitrogens with one attached hydrogen (secondary N) is 2. The molecule has 1 fully saturated rings. The van der Waals surface area contributed by atoms with Gasteiger partial charge in [0.25, 0.3) is 0 Å². The Morgan fingerprint density at radius 2 is 2.12 bits per heavy atom. The Hall–Kier alpha value is -1.30. The van der Waals surface area contributed by atoms with Crippen molar-refractivity contribution < 1.29 is 19.4 Å². The van der Waals surface area contributed by atoms with Crippen LogP contribution in [0, 0.1) is 0 Å². The van der Waals surface area contributed by atoms with Crippen molar-refractivity contribution in [2.45, 2.75) is 44.7 Å². The van der Waals surface area contributed by atoms with Gasteiger partial charge in [-0.05, 0) is 27.2 Å². The van der Waals surface area contributed by atoms with Crippen LogP contribution in [0.15, 0.2) is 0 Å². The molecule has 17 heavy (non-hydrogen) atoms. The number of carboxylic acid groups (broad SMARTS) is 1. The van der Waals surface area contributed by atoms with Crippen LogP contribution in [0.5, 0.6) is 0 Å². The normalized spacial score (nSPS) is 24.4. The monoisotopic (exact) mass is 244 g/mol. The van der Waals surface area contributed by atoms with Crippen molar-refractivity contribution in [3.63, 3.8) is 0 Å². The Morgan fingerprint density at radius 3 is 2.59 bits per heavy atom. The summed E-state index contributed by atoms with van der Waals surface area (Å²) < 4.78 is 5.22. The first-order chi connectivity index (χ1) is 7.72. The molecule has 2 amide bonds. The number of hydrogen-bond donors (Lipinski definition) is 3. The molecule has 1 aliphatic rings. The standard InChI is InChI=1S/C11H20N2O4/c1-10(2,6-8(14)15)12-9(16)13-11(3)4-5-17-7-11/h4-7H2,1-3H3,(H,14,15)(H2,12,13,16). The minimum Gasteiger partial charge on any atom is -0.481 e. The lowest BCUT2D eigenvalue weighted by molar-refractivity contribution is -0.138. The van der Waals surface area contributed by atoms with E-state index in [1.807, 2.05) is 6.92 Å². The van der Waals surface area contributed by atoms with Crippen molar-refractivity contribution in [2.75, 3.05) is 13.2 Å². The molecule has 0 radical (unpaired) electrons. The van der Waals surface area contributed by atoms with E-state index in [-0.39, 0.29) is 18.0 Å². The van der Waals surface area contributed by atoms with Crippen LogP contribution in [0.2, 0.25) is 0 Å². The van der Waals surface area contributed by atoms with Crippen LogP contribution in [0.4, 0.5) is 4.79 Å². The van der Waals surface area contributed by atoms with Crippen LogP contribution in [0.25, 0.3) is 0 Å². The van der Waals surface area contributed by atoms with Crippen LogP contribution in [0.3, 0.4) is 0 Å². The summed E-state index contributed by atoms with van der Waals surface area (Å²) in [4.78, 5) is 22.3. The molecular weight excluding hydrogens is 224 g/mol. The summed E-state index contributed by atoms with van der Waals surface area (Å²) in [6, 6.07) is -0.357. The first-order valence-electron chi connectivity index (χ1n) is 5.62. The molecule has 0 aromatic heterocycles. The number of amides is 2. The number of aliphatic carboxylic acids is 1. The lowest BCUT2D eigenvalue weighted by atomic mass is 10.0. The lowest BCUT2D eigenvalue weighted by Gasteiger charge is -2.29. The second-order valence-corrected chi connectivity index (χ2v) is 5.40. The van der Waals surface area contributed by atoms with Crippen LogP contribution < -0.4 is 10.6 Å². The zero-order valence-electron chi connectivity index (χ0n) is 10.5. The van der Waals surface area contributed by atoms with E-state index in [0.717, 1.165) is 6.42 Å². The third-order valence-electron chi connectivity index (χ3n) is 2.68. The second kappa shape index (κ2) is 4.91. The van der Waals surface area contributed by atoms with Gasteiger partial charge < -0.3 is 20.5 Å². The van der Waals surface area contributed by atoms with Gasteiger partial charge in [-0.3, -0.25) is 4.79 Å². The van der Waals surface area contributed by atoms with E-state index in [2.05, 4.69) is 10.6 Å². The first-order valence-corrected chi connectivity index (χ1v) is 5.62. The summed E-state index contributed by atoms with van der Waals surface area (Å²) >= 11 is 0. The fourth-order valence-electron chi connectivity index (χ4n) is 1.80. The minimum absolute atomic E-state index is 0.117. The third-order valence-corrected chi connectivity index (χ3v) is 2.68. The number of carbonyl (C=O) groups is 2. The molecule has 1 aliphatic heterocycles. The fourth-order valence-corrected chi connectivity index (χ4v) is 1.80. The molecule has 0 aromatic carbocycles. The third kappa shape index (κ3) is 4.60. The summed E-state index contributed by atoms with van der Waals surface area (Å²) in [6.07, 6.45) is 0.646. The first kappa shape index (κ1) is 13.8. The van der Waals surface area contributed by atoms with Crippen molar-refractivity contribution in [1.82, 2.24) is 10.6 Å². The van der Waals surface area contributed by atoms with Gasteiger partial charge >= 0.3 is 12.0 Å². The van der Waals surface area contributed by atoms with Gasteiger partial charge in [0.15, 0.2) is 0 Å². The SMILES string of the molecule is CC(C)(CC(=O)O)NC(=O)NC1(C)CCOC1. The van der Waals surface area contributed by atoms with Crippen LogP contribution in [0.1, 0.15) is 33.6 Å². The molecule has 6 nitrogen and oxygen atoms in total. The van der Waals surface area contributed by atoms with Crippen molar-refractivity contribution >= 4 is 12.0 Å². The van der Waals surface area contributed by atoms with Gasteiger partial charge in [-0.25, -0.2) is 4.79 Å². The largest absolute Gasteiger partial charge is 0.481 e. The second-order valence-electron chi connectivity index (χ2n) is 5.40. The van der Waals surface area contributed by atoms with Crippen molar-refractivity contribution in [2.24, 2.45) is 0 Å². The highest BCUT2D eigenvalue weighted by Crippen LogP contribution is 2.17. The van der Waals surface area contributed by atoms with Gasteiger partial charge in [0.05, 0.1) is 18.6 Å². The predicted molar refractivity (Wildman–Crippen MR) is 61.8 cm³/mol. The molecule has 0 aliphatic carbocycles. The summed E-state index contributed by atoms with van der Waals surface area (Å²) in [5, 5.41) is 14.2. The molecule has 0 spiro atoms. The molecule has 1 atom stereocenters. The summed E-state index contributed by atoms with van der Waals surface area (Å²) in [7, 11) is 0. The van der Waals surface area contributed by atoms with Crippen molar-refractivity contribution in [3.05, 3.63) is 0 Å². The average molecular weight is 244 g/mol. The van der Waals surface area contributed by atoms with E-state index in [0.29, 0.717) is 13.2 Å². The number of carbonyl (C=O) groups excluding carboxylic acids is 1. The van der Waals surface area contributed by atoms with Crippen molar-refractivity contribution in [3.8, 4) is 0 Å². The highest BCUT2D eigenvalue weighted by molar-refractivity contribution is 5.77. The minimum atomic E-state index is -0.939. The molecule has 0 bridgehead atoms. The maximum Gasteiger partial charge on any atom is 0.315 e. The van der Waals surface area contributed by atoms with E-state index < -0.39 is 11.5 Å². The van der Waals surface area contributed by atoms with E-state index in [1.54, 1.807) is 13.8 Å². The number of hydrogen-bond acceptors (Lipinski definition) is 3. The average Bonchev–Trinajstić information content (AvgIpc) is 2.46. The molecule has 0 aromatic rings. The zero-order chi connectivity index (χ0) is 13.1. The summed E-state index contributed by atoms with van der Waals surface area (Å²) in [5.74, 6) is -0.939. The smallest absolute Gasteiger partial charge is 0.315 e. The number of ether oxygens (including phenoxy) is 1. The van der Waals surface area contributed by atoms with Gasteiger partial charge in [0.2, 0.25) is 0 Å². The van der Waals surface area contributed by atoms with Crippen molar-refractivity contribution in [1.29, 1.82) is 0 Å². The Morgan fingerprint density at radius 1 is 1.47 bits per heavy atom. The highest BCUT2D eigenvalue weighted by atomic mass is 16.5. The molecule has 3 N–H and O–H groups in total. The molecule has 1 heterocycles. The quantitative estimate of drug-likeness (QED) is 0.680. The van der Waals surface area contributed by atoms with Gasteiger partial charge in [0.1, 0.15) is 0 Å². The molecule has 0 saturated carbocycles. The highest BCUT2D eigenvalue weighted by Gasteiger charge is 2.33. The van der Waals surface area contributed by atoms with Gasteiger partial charge in [-0.2, -0.15) is 0 Å². The number of carboxylic acids is 1. The Kier molecular flexibility index (Phi) is 3.98. The number of urea groups is 1. The maximum absolute atomic E-state index is 11.7. The van der Waals surface area contributed by atoms with Crippen LogP contribution >= 0.6 is 0 Å². The molecule has 98 valence electrons. The van der Waals surface area contributed by atoms with Crippen LogP contribution in [-0.2, 0) is 9.53 Å². The Bertz CT molecular complexity index is 309. The Labute approximate surface area is 101 Å². The molecule has 6 heteroatoms. The van der Waals surface area contributed by atoms with E-state index in [4.69, 9.17) is 9.84 Å². The van der Waals surface area contributed by atoms with E-state index in [9.17, 15) is 9.59 Å². The zero-order valence-corrected chi connectivity index (χ0v) is 10.5. The van der Waals surface area contributed by atoms with E-state index >= 15 is 0 Å². The fraction of sp³-hybridized carbons (Fsp3) is 0.818. The van der Waals surface area contributed by atoms with Gasteiger partial charge in [-0.15, -0.1) is 0 Å².